The standard InChI is InChI=1S/C14H12Br2ClN/c1-9(10-2-4-11(15)5-3-10)18-12-6-7-14(17)13(16)8-12/h2-9,18H,1H3. The lowest BCUT2D eigenvalue weighted by molar-refractivity contribution is 0.884. The van der Waals surface area contributed by atoms with E-state index in [-0.39, 0.29) is 6.04 Å². The Bertz CT molecular complexity index is 540. The maximum Gasteiger partial charge on any atom is 0.0549 e. The van der Waals surface area contributed by atoms with Crippen LogP contribution in [0.15, 0.2) is 51.4 Å². The Labute approximate surface area is 129 Å². The maximum absolute atomic E-state index is 5.97. The fourth-order valence-electron chi connectivity index (χ4n) is 1.67. The van der Waals surface area contributed by atoms with Crippen LogP contribution in [0.2, 0.25) is 5.02 Å². The average Bonchev–Trinajstić information content (AvgIpc) is 2.34. The van der Waals surface area contributed by atoms with Crippen molar-refractivity contribution in [3.63, 3.8) is 0 Å². The van der Waals surface area contributed by atoms with Crippen molar-refractivity contribution in [2.75, 3.05) is 5.32 Å². The van der Waals surface area contributed by atoms with Gasteiger partial charge in [-0.25, -0.2) is 0 Å². The fourth-order valence-corrected chi connectivity index (χ4v) is 2.43. The number of rotatable bonds is 3. The minimum Gasteiger partial charge on any atom is -0.378 e. The zero-order valence-corrected chi connectivity index (χ0v) is 13.7. The SMILES string of the molecule is CC(Nc1ccc(Cl)c(Br)c1)c1ccc(Br)cc1. The minimum atomic E-state index is 0.242. The van der Waals surface area contributed by atoms with Crippen LogP contribution in [-0.4, -0.2) is 0 Å². The van der Waals surface area contributed by atoms with Crippen molar-refractivity contribution in [2.24, 2.45) is 0 Å². The van der Waals surface area contributed by atoms with Gasteiger partial charge in [-0.1, -0.05) is 39.7 Å². The highest BCUT2D eigenvalue weighted by Crippen LogP contribution is 2.28. The Kier molecular flexibility index (Phi) is 4.71. The molecule has 0 radical (unpaired) electrons. The third-order valence-electron chi connectivity index (χ3n) is 2.67. The van der Waals surface area contributed by atoms with E-state index in [1.807, 2.05) is 30.3 Å². The van der Waals surface area contributed by atoms with Crippen LogP contribution >= 0.6 is 43.5 Å². The summed E-state index contributed by atoms with van der Waals surface area (Å²) in [4.78, 5) is 0. The summed E-state index contributed by atoms with van der Waals surface area (Å²) in [6, 6.07) is 14.4. The first-order valence-corrected chi connectivity index (χ1v) is 7.50. The topological polar surface area (TPSA) is 12.0 Å². The maximum atomic E-state index is 5.97. The van der Waals surface area contributed by atoms with Gasteiger partial charge in [0.1, 0.15) is 0 Å². The van der Waals surface area contributed by atoms with E-state index >= 15 is 0 Å². The predicted octanol–water partition coefficient (Wildman–Crippen LogP) is 6.04. The first-order chi connectivity index (χ1) is 8.56. The van der Waals surface area contributed by atoms with Crippen molar-refractivity contribution in [3.8, 4) is 0 Å². The summed E-state index contributed by atoms with van der Waals surface area (Å²) in [5.41, 5.74) is 2.28. The van der Waals surface area contributed by atoms with Gasteiger partial charge in [-0.05, 0) is 58.7 Å². The van der Waals surface area contributed by atoms with Crippen LogP contribution in [0, 0.1) is 0 Å². The van der Waals surface area contributed by atoms with Crippen LogP contribution in [0.5, 0.6) is 0 Å². The molecule has 1 nitrogen and oxygen atoms in total. The summed E-state index contributed by atoms with van der Waals surface area (Å²) in [7, 11) is 0. The van der Waals surface area contributed by atoms with E-state index < -0.39 is 0 Å². The number of anilines is 1. The van der Waals surface area contributed by atoms with Gasteiger partial charge in [-0.3, -0.25) is 0 Å². The molecule has 94 valence electrons. The number of halogens is 3. The lowest BCUT2D eigenvalue weighted by atomic mass is 10.1. The minimum absolute atomic E-state index is 0.242. The monoisotopic (exact) mass is 387 g/mol. The molecule has 2 aromatic carbocycles. The van der Waals surface area contributed by atoms with Gasteiger partial charge >= 0.3 is 0 Å². The van der Waals surface area contributed by atoms with Crippen LogP contribution in [-0.2, 0) is 0 Å². The molecule has 1 atom stereocenters. The van der Waals surface area contributed by atoms with Crippen LogP contribution in [0.1, 0.15) is 18.5 Å². The summed E-state index contributed by atoms with van der Waals surface area (Å²) in [6.45, 7) is 2.13. The molecule has 0 aliphatic heterocycles. The van der Waals surface area contributed by atoms with Gasteiger partial charge in [-0.2, -0.15) is 0 Å². The molecular formula is C14H12Br2ClN. The van der Waals surface area contributed by atoms with E-state index in [0.29, 0.717) is 0 Å². The molecule has 0 amide bonds. The van der Waals surface area contributed by atoms with Gasteiger partial charge in [0.05, 0.1) is 5.02 Å². The van der Waals surface area contributed by atoms with E-state index in [1.165, 1.54) is 5.56 Å². The molecule has 1 N–H and O–H groups in total. The average molecular weight is 390 g/mol. The lowest BCUT2D eigenvalue weighted by Crippen LogP contribution is -2.06. The van der Waals surface area contributed by atoms with Crippen LogP contribution < -0.4 is 5.32 Å². The third kappa shape index (κ3) is 3.50. The number of hydrogen-bond donors (Lipinski definition) is 1. The highest BCUT2D eigenvalue weighted by atomic mass is 79.9. The lowest BCUT2D eigenvalue weighted by Gasteiger charge is -2.16. The second-order valence-electron chi connectivity index (χ2n) is 4.05. The van der Waals surface area contributed by atoms with E-state index in [2.05, 4.69) is 56.2 Å². The summed E-state index contributed by atoms with van der Waals surface area (Å²) in [5, 5.41) is 4.16. The van der Waals surface area contributed by atoms with Gasteiger partial charge in [0, 0.05) is 20.7 Å². The normalized spacial score (nSPS) is 12.2. The Morgan fingerprint density at radius 2 is 1.72 bits per heavy atom. The molecule has 0 saturated heterocycles. The fraction of sp³-hybridized carbons (Fsp3) is 0.143. The van der Waals surface area contributed by atoms with Crippen LogP contribution in [0.4, 0.5) is 5.69 Å². The second kappa shape index (κ2) is 6.09. The van der Waals surface area contributed by atoms with Gasteiger partial charge in [0.25, 0.3) is 0 Å². The Morgan fingerprint density at radius 1 is 1.06 bits per heavy atom. The van der Waals surface area contributed by atoms with E-state index in [1.54, 1.807) is 0 Å². The molecule has 0 aliphatic rings. The summed E-state index contributed by atoms with van der Waals surface area (Å²) < 4.78 is 1.99. The molecule has 0 fully saturated rings. The quantitative estimate of drug-likeness (QED) is 0.675. The molecule has 4 heteroatoms. The smallest absolute Gasteiger partial charge is 0.0549 e. The van der Waals surface area contributed by atoms with Gasteiger partial charge in [0.2, 0.25) is 0 Å². The molecule has 0 spiro atoms. The molecule has 0 bridgehead atoms. The summed E-state index contributed by atoms with van der Waals surface area (Å²) in [6.07, 6.45) is 0. The zero-order valence-electron chi connectivity index (χ0n) is 9.75. The van der Waals surface area contributed by atoms with Gasteiger partial charge in [0.15, 0.2) is 0 Å². The zero-order chi connectivity index (χ0) is 13.1. The molecule has 0 aliphatic carbocycles. The Balaban J connectivity index is 2.13. The first kappa shape index (κ1) is 13.9. The number of benzene rings is 2. The molecule has 2 rings (SSSR count). The summed E-state index contributed by atoms with van der Waals surface area (Å²) in [5.74, 6) is 0. The Morgan fingerprint density at radius 3 is 2.33 bits per heavy atom. The number of nitrogens with one attached hydrogen (secondary N) is 1. The van der Waals surface area contributed by atoms with Crippen molar-refractivity contribution < 1.29 is 0 Å². The molecule has 0 saturated carbocycles. The molecule has 18 heavy (non-hydrogen) atoms. The van der Waals surface area contributed by atoms with E-state index in [0.717, 1.165) is 19.7 Å². The van der Waals surface area contributed by atoms with Gasteiger partial charge < -0.3 is 5.32 Å². The number of hydrogen-bond acceptors (Lipinski definition) is 1. The Hall–Kier alpha value is -0.510. The first-order valence-electron chi connectivity index (χ1n) is 5.53. The predicted molar refractivity (Wildman–Crippen MR) is 85.3 cm³/mol. The molecule has 2 aromatic rings. The molecule has 1 unspecified atom stereocenters. The largest absolute Gasteiger partial charge is 0.378 e. The van der Waals surface area contributed by atoms with E-state index in [9.17, 15) is 0 Å². The van der Waals surface area contributed by atoms with Crippen molar-refractivity contribution in [1.29, 1.82) is 0 Å². The van der Waals surface area contributed by atoms with E-state index in [4.69, 9.17) is 11.6 Å². The summed E-state index contributed by atoms with van der Waals surface area (Å²) >= 11 is 12.8. The van der Waals surface area contributed by atoms with Crippen molar-refractivity contribution in [1.82, 2.24) is 0 Å². The van der Waals surface area contributed by atoms with Crippen molar-refractivity contribution in [3.05, 3.63) is 62.0 Å². The van der Waals surface area contributed by atoms with Crippen molar-refractivity contribution in [2.45, 2.75) is 13.0 Å². The molecule has 0 aromatic heterocycles. The highest BCUT2D eigenvalue weighted by Gasteiger charge is 2.06. The second-order valence-corrected chi connectivity index (χ2v) is 6.22. The van der Waals surface area contributed by atoms with Crippen LogP contribution in [0.3, 0.4) is 0 Å². The third-order valence-corrected chi connectivity index (χ3v) is 4.42. The molecule has 0 heterocycles. The van der Waals surface area contributed by atoms with Gasteiger partial charge in [-0.15, -0.1) is 0 Å². The molecular weight excluding hydrogens is 377 g/mol. The van der Waals surface area contributed by atoms with Crippen LogP contribution in [0.25, 0.3) is 0 Å². The van der Waals surface area contributed by atoms with Crippen molar-refractivity contribution >= 4 is 49.1 Å². The highest BCUT2D eigenvalue weighted by molar-refractivity contribution is 9.10.